The summed E-state index contributed by atoms with van der Waals surface area (Å²) in [5, 5.41) is 9.20. The fourth-order valence-electron chi connectivity index (χ4n) is 2.20. The Morgan fingerprint density at radius 3 is 2.75 bits per heavy atom. The van der Waals surface area contributed by atoms with Gasteiger partial charge in [0.15, 0.2) is 11.0 Å². The van der Waals surface area contributed by atoms with Crippen molar-refractivity contribution in [3.05, 3.63) is 24.3 Å². The molecule has 2 aromatic rings. The number of para-hydroxylation sites is 1. The second kappa shape index (κ2) is 9.32. The number of hydrogen-bond acceptors (Lipinski definition) is 6. The molecule has 6 nitrogen and oxygen atoms in total. The average molecular weight is 349 g/mol. The molecule has 0 fully saturated rings. The number of unbranched alkanes of at least 4 members (excludes halogenated alkanes) is 1. The molecule has 0 atom stereocenters. The molecule has 7 heteroatoms. The van der Waals surface area contributed by atoms with E-state index in [2.05, 4.69) is 17.1 Å². The van der Waals surface area contributed by atoms with Crippen LogP contribution in [0.2, 0.25) is 0 Å². The molecule has 0 spiro atoms. The third-order valence-corrected chi connectivity index (χ3v) is 4.40. The minimum Gasteiger partial charge on any atom is -0.496 e. The SMILES string of the molecule is CCCCOC(=O)CSc1nnc(-c2ccccc2OC)n1CC. The van der Waals surface area contributed by atoms with Gasteiger partial charge in [-0.15, -0.1) is 10.2 Å². The highest BCUT2D eigenvalue weighted by molar-refractivity contribution is 7.99. The number of hydrogen-bond donors (Lipinski definition) is 0. The fourth-order valence-corrected chi connectivity index (χ4v) is 3.00. The lowest BCUT2D eigenvalue weighted by Gasteiger charge is -2.10. The molecule has 130 valence electrons. The second-order valence-corrected chi connectivity index (χ2v) is 6.06. The lowest BCUT2D eigenvalue weighted by Crippen LogP contribution is -2.09. The minimum absolute atomic E-state index is 0.224. The van der Waals surface area contributed by atoms with Gasteiger partial charge in [0.1, 0.15) is 5.75 Å². The summed E-state index contributed by atoms with van der Waals surface area (Å²) in [6.07, 6.45) is 1.90. The Kier molecular flexibility index (Phi) is 7.11. The molecule has 0 radical (unpaired) electrons. The molecule has 0 aliphatic carbocycles. The first kappa shape index (κ1) is 18.3. The van der Waals surface area contributed by atoms with Crippen molar-refractivity contribution in [2.75, 3.05) is 19.5 Å². The lowest BCUT2D eigenvalue weighted by molar-refractivity contribution is -0.140. The molecule has 24 heavy (non-hydrogen) atoms. The van der Waals surface area contributed by atoms with Crippen LogP contribution in [-0.4, -0.2) is 40.2 Å². The van der Waals surface area contributed by atoms with E-state index in [9.17, 15) is 4.79 Å². The predicted molar refractivity (Wildman–Crippen MR) is 94.3 cm³/mol. The van der Waals surface area contributed by atoms with Crippen molar-refractivity contribution in [1.29, 1.82) is 0 Å². The van der Waals surface area contributed by atoms with Gasteiger partial charge in [-0.3, -0.25) is 4.79 Å². The number of carbonyl (C=O) groups is 1. The summed E-state index contributed by atoms with van der Waals surface area (Å²) in [4.78, 5) is 11.7. The molecular formula is C17H23N3O3S. The number of methoxy groups -OCH3 is 1. The minimum atomic E-state index is -0.224. The standard InChI is InChI=1S/C17H23N3O3S/c1-4-6-11-23-15(21)12-24-17-19-18-16(20(17)5-2)13-9-7-8-10-14(13)22-3/h7-10H,4-6,11-12H2,1-3H3. The molecule has 2 rings (SSSR count). The maximum Gasteiger partial charge on any atom is 0.316 e. The number of nitrogens with zero attached hydrogens (tertiary/aromatic N) is 3. The number of rotatable bonds is 9. The number of thioether (sulfide) groups is 1. The summed E-state index contributed by atoms with van der Waals surface area (Å²) < 4.78 is 12.5. The van der Waals surface area contributed by atoms with E-state index in [0.29, 0.717) is 18.3 Å². The summed E-state index contributed by atoms with van der Waals surface area (Å²) in [7, 11) is 1.63. The van der Waals surface area contributed by atoms with Gasteiger partial charge < -0.3 is 14.0 Å². The first-order valence-corrected chi connectivity index (χ1v) is 9.04. The van der Waals surface area contributed by atoms with Gasteiger partial charge in [0, 0.05) is 6.54 Å². The van der Waals surface area contributed by atoms with E-state index in [0.717, 1.165) is 30.0 Å². The van der Waals surface area contributed by atoms with Crippen LogP contribution in [-0.2, 0) is 16.1 Å². The molecule has 1 aromatic heterocycles. The van der Waals surface area contributed by atoms with Crippen LogP contribution >= 0.6 is 11.8 Å². The highest BCUT2D eigenvalue weighted by Crippen LogP contribution is 2.30. The number of aromatic nitrogens is 3. The third-order valence-electron chi connectivity index (χ3n) is 3.46. The van der Waals surface area contributed by atoms with Crippen molar-refractivity contribution in [1.82, 2.24) is 14.8 Å². The van der Waals surface area contributed by atoms with Crippen LogP contribution in [0.4, 0.5) is 0 Å². The number of esters is 1. The van der Waals surface area contributed by atoms with Crippen molar-refractivity contribution in [3.8, 4) is 17.1 Å². The Balaban J connectivity index is 2.11. The quantitative estimate of drug-likeness (QED) is 0.393. The Labute approximate surface area is 146 Å². The zero-order valence-electron chi connectivity index (χ0n) is 14.3. The van der Waals surface area contributed by atoms with E-state index in [1.807, 2.05) is 35.8 Å². The summed E-state index contributed by atoms with van der Waals surface area (Å²) in [6, 6.07) is 7.69. The van der Waals surface area contributed by atoms with Crippen LogP contribution in [0.5, 0.6) is 5.75 Å². The molecule has 0 saturated heterocycles. The fraction of sp³-hybridized carbons (Fsp3) is 0.471. The Morgan fingerprint density at radius 1 is 1.25 bits per heavy atom. The summed E-state index contributed by atoms with van der Waals surface area (Å²) in [6.45, 7) is 5.26. The van der Waals surface area contributed by atoms with Crippen molar-refractivity contribution >= 4 is 17.7 Å². The summed E-state index contributed by atoms with van der Waals surface area (Å²) >= 11 is 1.34. The van der Waals surface area contributed by atoms with Crippen LogP contribution in [0.15, 0.2) is 29.4 Å². The van der Waals surface area contributed by atoms with Gasteiger partial charge in [0.05, 0.1) is 25.0 Å². The van der Waals surface area contributed by atoms with E-state index in [1.54, 1.807) is 7.11 Å². The van der Waals surface area contributed by atoms with Gasteiger partial charge >= 0.3 is 5.97 Å². The molecule has 0 saturated carbocycles. The van der Waals surface area contributed by atoms with E-state index in [-0.39, 0.29) is 11.7 Å². The molecule has 0 amide bonds. The Bertz CT molecular complexity index is 673. The first-order valence-electron chi connectivity index (χ1n) is 8.06. The van der Waals surface area contributed by atoms with Crippen LogP contribution in [0.25, 0.3) is 11.4 Å². The summed E-state index contributed by atoms with van der Waals surface area (Å²) in [5.74, 6) is 1.48. The molecule has 1 heterocycles. The van der Waals surface area contributed by atoms with Crippen molar-refractivity contribution < 1.29 is 14.3 Å². The van der Waals surface area contributed by atoms with Crippen LogP contribution in [0, 0.1) is 0 Å². The number of carbonyl (C=O) groups excluding carboxylic acids is 1. The topological polar surface area (TPSA) is 66.2 Å². The molecule has 1 aromatic carbocycles. The largest absolute Gasteiger partial charge is 0.496 e. The predicted octanol–water partition coefficient (Wildman–Crippen LogP) is 3.41. The highest BCUT2D eigenvalue weighted by Gasteiger charge is 2.17. The van der Waals surface area contributed by atoms with Crippen LogP contribution in [0.1, 0.15) is 26.7 Å². The van der Waals surface area contributed by atoms with Gasteiger partial charge in [0.2, 0.25) is 0 Å². The maximum atomic E-state index is 11.7. The normalized spacial score (nSPS) is 10.6. The van der Waals surface area contributed by atoms with E-state index in [1.165, 1.54) is 11.8 Å². The van der Waals surface area contributed by atoms with E-state index < -0.39 is 0 Å². The van der Waals surface area contributed by atoms with Gasteiger partial charge in [-0.05, 0) is 25.5 Å². The van der Waals surface area contributed by atoms with Crippen LogP contribution in [0.3, 0.4) is 0 Å². The number of benzene rings is 1. The zero-order chi connectivity index (χ0) is 17.4. The molecule has 0 bridgehead atoms. The third kappa shape index (κ3) is 4.50. The zero-order valence-corrected chi connectivity index (χ0v) is 15.1. The average Bonchev–Trinajstić information content (AvgIpc) is 3.02. The van der Waals surface area contributed by atoms with E-state index >= 15 is 0 Å². The van der Waals surface area contributed by atoms with Crippen molar-refractivity contribution in [3.63, 3.8) is 0 Å². The Hall–Kier alpha value is -2.02. The second-order valence-electron chi connectivity index (χ2n) is 5.11. The van der Waals surface area contributed by atoms with Crippen LogP contribution < -0.4 is 4.74 Å². The van der Waals surface area contributed by atoms with E-state index in [4.69, 9.17) is 9.47 Å². The smallest absolute Gasteiger partial charge is 0.316 e. The monoisotopic (exact) mass is 349 g/mol. The highest BCUT2D eigenvalue weighted by atomic mass is 32.2. The van der Waals surface area contributed by atoms with Gasteiger partial charge in [-0.2, -0.15) is 0 Å². The summed E-state index contributed by atoms with van der Waals surface area (Å²) in [5.41, 5.74) is 0.881. The molecule has 0 unspecified atom stereocenters. The molecule has 0 N–H and O–H groups in total. The Morgan fingerprint density at radius 2 is 2.04 bits per heavy atom. The molecular weight excluding hydrogens is 326 g/mol. The maximum absolute atomic E-state index is 11.7. The van der Waals surface area contributed by atoms with Crippen molar-refractivity contribution in [2.24, 2.45) is 0 Å². The first-order chi connectivity index (χ1) is 11.7. The van der Waals surface area contributed by atoms with Gasteiger partial charge in [-0.25, -0.2) is 0 Å². The van der Waals surface area contributed by atoms with Gasteiger partial charge in [0.25, 0.3) is 0 Å². The lowest BCUT2D eigenvalue weighted by atomic mass is 10.2. The molecule has 0 aliphatic rings. The van der Waals surface area contributed by atoms with Gasteiger partial charge in [-0.1, -0.05) is 37.2 Å². The molecule has 0 aliphatic heterocycles. The number of ether oxygens (including phenoxy) is 2. The van der Waals surface area contributed by atoms with Crippen molar-refractivity contribution in [2.45, 2.75) is 38.4 Å².